The minimum atomic E-state index is -0.190. The third-order valence-electron chi connectivity index (χ3n) is 3.43. The van der Waals surface area contributed by atoms with Crippen molar-refractivity contribution in [1.29, 1.82) is 0 Å². The van der Waals surface area contributed by atoms with Gasteiger partial charge in [-0.25, -0.2) is 0 Å². The number of unbranched alkanes of at least 4 members (excludes halogenated alkanes) is 2. The fourth-order valence-corrected chi connectivity index (χ4v) is 3.56. The summed E-state index contributed by atoms with van der Waals surface area (Å²) in [6, 6.07) is 1.27. The van der Waals surface area contributed by atoms with Crippen molar-refractivity contribution >= 4 is 26.5 Å². The quantitative estimate of drug-likeness (QED) is 0.324. The molecule has 0 saturated carbocycles. The second kappa shape index (κ2) is 12.0. The van der Waals surface area contributed by atoms with Crippen LogP contribution in [0.1, 0.15) is 52.4 Å². The topological polar surface area (TPSA) is 26.3 Å². The largest absolute Gasteiger partial charge is 0.378 e. The van der Waals surface area contributed by atoms with Gasteiger partial charge in [0, 0.05) is 15.4 Å². The Morgan fingerprint density at radius 2 is 1.84 bits per heavy atom. The van der Waals surface area contributed by atoms with Crippen LogP contribution in [-0.4, -0.2) is 26.6 Å². The van der Waals surface area contributed by atoms with Crippen LogP contribution in [-0.2, 0) is 9.53 Å². The molecule has 0 aliphatic carbocycles. The van der Waals surface area contributed by atoms with Crippen LogP contribution in [0.25, 0.3) is 0 Å². The monoisotopic (exact) mass is 303 g/mol. The zero-order chi connectivity index (χ0) is 14.7. The standard InChI is InChI=1S/C15H31O2SSi/c1-5-7-8-11-14(17-6-2)13(15(16)18)10-9-12-19(3)4/h13-14H,5-12H2,1-4H3,(H,16,18). The summed E-state index contributed by atoms with van der Waals surface area (Å²) < 4.78 is 5.81. The highest BCUT2D eigenvalue weighted by atomic mass is 32.1. The number of thiol groups is 1. The molecule has 2 atom stereocenters. The molecule has 0 aliphatic rings. The van der Waals surface area contributed by atoms with E-state index in [0.717, 1.165) is 25.7 Å². The van der Waals surface area contributed by atoms with E-state index in [2.05, 4.69) is 32.6 Å². The van der Waals surface area contributed by atoms with Gasteiger partial charge in [0.2, 0.25) is 0 Å². The van der Waals surface area contributed by atoms with Crippen LogP contribution in [0.5, 0.6) is 0 Å². The van der Waals surface area contributed by atoms with Gasteiger partial charge in [-0.1, -0.05) is 51.7 Å². The summed E-state index contributed by atoms with van der Waals surface area (Å²) in [7, 11) is -0.190. The van der Waals surface area contributed by atoms with Gasteiger partial charge in [-0.15, -0.1) is 12.6 Å². The number of hydrogen-bond donors (Lipinski definition) is 1. The smallest absolute Gasteiger partial charge is 0.191 e. The van der Waals surface area contributed by atoms with Gasteiger partial charge < -0.3 is 4.74 Å². The molecule has 0 aromatic heterocycles. The van der Waals surface area contributed by atoms with Crippen molar-refractivity contribution in [3.05, 3.63) is 0 Å². The molecule has 0 aliphatic heterocycles. The molecule has 0 spiro atoms. The molecule has 0 fully saturated rings. The van der Waals surface area contributed by atoms with Gasteiger partial charge in [0.1, 0.15) is 0 Å². The molecule has 0 aromatic rings. The van der Waals surface area contributed by atoms with Crippen LogP contribution in [0.3, 0.4) is 0 Å². The summed E-state index contributed by atoms with van der Waals surface area (Å²) in [6.45, 7) is 9.53. The van der Waals surface area contributed by atoms with E-state index in [9.17, 15) is 4.79 Å². The molecule has 113 valence electrons. The van der Waals surface area contributed by atoms with E-state index in [1.807, 2.05) is 6.92 Å². The van der Waals surface area contributed by atoms with Crippen LogP contribution in [0.4, 0.5) is 0 Å². The number of carbonyl (C=O) groups excluding carboxylic acids is 1. The zero-order valence-electron chi connectivity index (χ0n) is 13.1. The van der Waals surface area contributed by atoms with Gasteiger partial charge in [-0.3, -0.25) is 4.79 Å². The van der Waals surface area contributed by atoms with Crippen molar-refractivity contribution in [2.45, 2.75) is 77.6 Å². The molecule has 0 heterocycles. The first-order chi connectivity index (χ1) is 9.02. The summed E-state index contributed by atoms with van der Waals surface area (Å²) in [6.07, 6.45) is 6.71. The fraction of sp³-hybridized carbons (Fsp3) is 0.933. The van der Waals surface area contributed by atoms with Crippen molar-refractivity contribution in [2.75, 3.05) is 6.61 Å². The maximum Gasteiger partial charge on any atom is 0.191 e. The van der Waals surface area contributed by atoms with E-state index < -0.39 is 0 Å². The first kappa shape index (κ1) is 19.2. The zero-order valence-corrected chi connectivity index (χ0v) is 15.0. The summed E-state index contributed by atoms with van der Waals surface area (Å²) >= 11 is 4.08. The van der Waals surface area contributed by atoms with Gasteiger partial charge in [0.15, 0.2) is 5.12 Å². The van der Waals surface area contributed by atoms with Crippen molar-refractivity contribution in [3.8, 4) is 0 Å². The van der Waals surface area contributed by atoms with Crippen LogP contribution >= 0.6 is 12.6 Å². The summed E-state index contributed by atoms with van der Waals surface area (Å²) in [5.74, 6) is -0.0125. The number of carbonyl (C=O) groups is 1. The highest BCUT2D eigenvalue weighted by molar-refractivity contribution is 7.96. The van der Waals surface area contributed by atoms with E-state index >= 15 is 0 Å². The van der Waals surface area contributed by atoms with Crippen LogP contribution < -0.4 is 0 Å². The van der Waals surface area contributed by atoms with E-state index in [1.165, 1.54) is 18.9 Å². The molecule has 0 N–H and O–H groups in total. The summed E-state index contributed by atoms with van der Waals surface area (Å²) in [4.78, 5) is 11.8. The Balaban J connectivity index is 4.35. The molecule has 2 nitrogen and oxygen atoms in total. The predicted molar refractivity (Wildman–Crippen MR) is 88.6 cm³/mol. The minimum absolute atomic E-state index is 0.0101. The molecule has 0 saturated heterocycles. The van der Waals surface area contributed by atoms with Crippen molar-refractivity contribution < 1.29 is 9.53 Å². The van der Waals surface area contributed by atoms with Crippen LogP contribution in [0.15, 0.2) is 0 Å². The number of rotatable bonds is 12. The van der Waals surface area contributed by atoms with Gasteiger partial charge in [-0.05, 0) is 19.8 Å². The molecule has 19 heavy (non-hydrogen) atoms. The Kier molecular flexibility index (Phi) is 12.1. The molecule has 2 unspecified atom stereocenters. The van der Waals surface area contributed by atoms with Gasteiger partial charge >= 0.3 is 0 Å². The average Bonchev–Trinajstić information content (AvgIpc) is 2.33. The second-order valence-electron chi connectivity index (χ2n) is 5.53. The van der Waals surface area contributed by atoms with Crippen LogP contribution in [0.2, 0.25) is 19.1 Å². The fourth-order valence-electron chi connectivity index (χ4n) is 2.35. The third-order valence-corrected chi connectivity index (χ3v) is 5.12. The first-order valence-electron chi connectivity index (χ1n) is 7.66. The van der Waals surface area contributed by atoms with Crippen LogP contribution in [0, 0.1) is 5.92 Å². The lowest BCUT2D eigenvalue weighted by Gasteiger charge is -2.25. The Labute approximate surface area is 126 Å². The van der Waals surface area contributed by atoms with Crippen molar-refractivity contribution in [1.82, 2.24) is 0 Å². The molecule has 0 amide bonds. The van der Waals surface area contributed by atoms with E-state index in [0.29, 0.717) is 6.61 Å². The van der Waals surface area contributed by atoms with E-state index in [1.54, 1.807) is 0 Å². The van der Waals surface area contributed by atoms with Crippen molar-refractivity contribution in [3.63, 3.8) is 0 Å². The SMILES string of the molecule is CCCCCC(OCC)C(CCC[Si](C)C)C(=O)S. The Hall–Kier alpha value is 0.197. The average molecular weight is 304 g/mol. The predicted octanol–water partition coefficient (Wildman–Crippen LogP) is 4.58. The van der Waals surface area contributed by atoms with Gasteiger partial charge in [-0.2, -0.15) is 0 Å². The molecule has 1 radical (unpaired) electrons. The van der Waals surface area contributed by atoms with E-state index in [-0.39, 0.29) is 25.9 Å². The molecular weight excluding hydrogens is 272 g/mol. The highest BCUT2D eigenvalue weighted by Gasteiger charge is 2.26. The summed E-state index contributed by atoms with van der Waals surface area (Å²) in [5.41, 5.74) is 0. The number of hydrogen-bond acceptors (Lipinski definition) is 2. The van der Waals surface area contributed by atoms with E-state index in [4.69, 9.17) is 4.74 Å². The maximum atomic E-state index is 11.8. The molecular formula is C15H31O2SSi. The van der Waals surface area contributed by atoms with Gasteiger partial charge in [0.05, 0.1) is 12.0 Å². The molecule has 4 heteroatoms. The molecule has 0 bridgehead atoms. The summed E-state index contributed by atoms with van der Waals surface area (Å²) in [5, 5.41) is 0.0101. The van der Waals surface area contributed by atoms with Crippen molar-refractivity contribution in [2.24, 2.45) is 5.92 Å². The lowest BCUT2D eigenvalue weighted by Crippen LogP contribution is -2.29. The molecule has 0 rings (SSSR count). The third kappa shape index (κ3) is 9.69. The Morgan fingerprint density at radius 1 is 1.16 bits per heavy atom. The number of ether oxygens (including phenoxy) is 1. The normalized spacial score (nSPS) is 14.6. The lowest BCUT2D eigenvalue weighted by molar-refractivity contribution is -0.119. The Morgan fingerprint density at radius 3 is 2.32 bits per heavy atom. The minimum Gasteiger partial charge on any atom is -0.378 e. The second-order valence-corrected chi connectivity index (χ2v) is 8.89. The molecule has 0 aromatic carbocycles. The van der Waals surface area contributed by atoms with Gasteiger partial charge in [0.25, 0.3) is 0 Å². The Bertz CT molecular complexity index is 234. The maximum absolute atomic E-state index is 11.8. The first-order valence-corrected chi connectivity index (χ1v) is 10.8. The highest BCUT2D eigenvalue weighted by Crippen LogP contribution is 2.24. The lowest BCUT2D eigenvalue weighted by atomic mass is 9.94.